The Morgan fingerprint density at radius 3 is 2.31 bits per heavy atom. The molecule has 0 bridgehead atoms. The lowest BCUT2D eigenvalue weighted by Crippen LogP contribution is -2.34. The fraction of sp³-hybridized carbons (Fsp3) is 0.500. The van der Waals surface area contributed by atoms with E-state index in [1.54, 1.807) is 12.1 Å². The molecule has 0 amide bonds. The van der Waals surface area contributed by atoms with Crippen molar-refractivity contribution < 1.29 is 36.6 Å². The molecule has 2 atom stereocenters. The monoisotopic (exact) mass is 593 g/mol. The number of hydrogen-bond acceptors (Lipinski definition) is 6. The number of nitrogens with one attached hydrogen (secondary N) is 1. The molecule has 39 heavy (non-hydrogen) atoms. The van der Waals surface area contributed by atoms with E-state index in [1.165, 1.54) is 6.07 Å². The number of carboxylic acid groups (broad SMARTS) is 1. The van der Waals surface area contributed by atoms with Crippen molar-refractivity contribution in [1.29, 1.82) is 0 Å². The summed E-state index contributed by atoms with van der Waals surface area (Å²) in [6.45, 7) is 4.05. The van der Waals surface area contributed by atoms with Gasteiger partial charge in [-0.15, -0.1) is 0 Å². The Bertz CT molecular complexity index is 1200. The van der Waals surface area contributed by atoms with E-state index in [2.05, 4.69) is 16.5 Å². The predicted octanol–water partition coefficient (Wildman–Crippen LogP) is 4.54. The third kappa shape index (κ3) is 9.07. The van der Waals surface area contributed by atoms with Gasteiger partial charge in [0, 0.05) is 31.1 Å². The van der Waals surface area contributed by atoms with Gasteiger partial charge < -0.3 is 20.0 Å². The number of aliphatic carboxylic acids is 1. The third-order valence-electron chi connectivity index (χ3n) is 6.64. The maximum Gasteiger partial charge on any atom is 0.490 e. The molecule has 0 saturated carbocycles. The summed E-state index contributed by atoms with van der Waals surface area (Å²) in [5, 5.41) is 17.4. The molecule has 13 heteroatoms. The summed E-state index contributed by atoms with van der Waals surface area (Å²) >= 11 is 6.53. The summed E-state index contributed by atoms with van der Waals surface area (Å²) < 4.78 is 60.4. The van der Waals surface area contributed by atoms with Crippen LogP contribution in [0.25, 0.3) is 0 Å². The molecule has 8 nitrogen and oxygen atoms in total. The van der Waals surface area contributed by atoms with Gasteiger partial charge >= 0.3 is 12.1 Å². The first-order valence-corrected chi connectivity index (χ1v) is 14.2. The molecule has 1 fully saturated rings. The Morgan fingerprint density at radius 1 is 1.21 bits per heavy atom. The van der Waals surface area contributed by atoms with Gasteiger partial charge in [-0.2, -0.15) is 13.2 Å². The SMILES string of the molecule is CCCC1(CO)CCN(c2ccc(S(=O)(=O)NCC(c3ccccc3)N(C)C)cc2Cl)C1.O=C(O)C(F)(F)F. The van der Waals surface area contributed by atoms with Gasteiger partial charge in [0.1, 0.15) is 0 Å². The number of carboxylic acids is 1. The molecular formula is C26H35ClF3N3O5S. The average molecular weight is 594 g/mol. The lowest BCUT2D eigenvalue weighted by molar-refractivity contribution is -0.192. The molecular weight excluding hydrogens is 559 g/mol. The molecule has 3 rings (SSSR count). The number of carbonyl (C=O) groups is 1. The van der Waals surface area contributed by atoms with E-state index in [0.717, 1.165) is 43.6 Å². The van der Waals surface area contributed by atoms with Crippen LogP contribution in [0.3, 0.4) is 0 Å². The number of nitrogens with zero attached hydrogens (tertiary/aromatic N) is 2. The third-order valence-corrected chi connectivity index (χ3v) is 8.37. The Morgan fingerprint density at radius 2 is 1.82 bits per heavy atom. The minimum absolute atomic E-state index is 0.0875. The minimum atomic E-state index is -5.08. The van der Waals surface area contributed by atoms with Crippen LogP contribution in [0.15, 0.2) is 53.4 Å². The highest BCUT2D eigenvalue weighted by molar-refractivity contribution is 7.89. The first-order valence-electron chi connectivity index (χ1n) is 12.3. The highest BCUT2D eigenvalue weighted by atomic mass is 35.5. The van der Waals surface area contributed by atoms with Gasteiger partial charge in [0.2, 0.25) is 10.0 Å². The van der Waals surface area contributed by atoms with Crippen LogP contribution in [0.4, 0.5) is 18.9 Å². The number of aliphatic hydroxyl groups excluding tert-OH is 1. The van der Waals surface area contributed by atoms with E-state index in [4.69, 9.17) is 21.5 Å². The van der Waals surface area contributed by atoms with Crippen LogP contribution >= 0.6 is 11.6 Å². The summed E-state index contributed by atoms with van der Waals surface area (Å²) in [5.74, 6) is -2.76. The molecule has 2 aromatic rings. The molecule has 0 aromatic heterocycles. The Hall–Kier alpha value is -2.38. The second-order valence-electron chi connectivity index (χ2n) is 9.74. The van der Waals surface area contributed by atoms with Crippen molar-refractivity contribution >= 4 is 33.3 Å². The van der Waals surface area contributed by atoms with Crippen LogP contribution < -0.4 is 9.62 Å². The van der Waals surface area contributed by atoms with Crippen LogP contribution in [0, 0.1) is 5.41 Å². The number of likely N-dealkylation sites (N-methyl/N-ethyl adjacent to an activating group) is 1. The Kier molecular flexibility index (Phi) is 11.6. The molecule has 3 N–H and O–H groups in total. The van der Waals surface area contributed by atoms with Crippen molar-refractivity contribution in [2.75, 3.05) is 45.2 Å². The van der Waals surface area contributed by atoms with Gasteiger partial charge in [-0.1, -0.05) is 55.3 Å². The average Bonchev–Trinajstić information content (AvgIpc) is 3.28. The number of hydrogen-bond donors (Lipinski definition) is 3. The first kappa shape index (κ1) is 32.8. The van der Waals surface area contributed by atoms with Gasteiger partial charge in [-0.05, 0) is 50.7 Å². The van der Waals surface area contributed by atoms with E-state index in [1.807, 2.05) is 49.3 Å². The summed E-state index contributed by atoms with van der Waals surface area (Å²) in [6.07, 6.45) is -2.20. The molecule has 218 valence electrons. The second-order valence-corrected chi connectivity index (χ2v) is 11.9. The van der Waals surface area contributed by atoms with E-state index >= 15 is 0 Å². The number of halogens is 4. The maximum absolute atomic E-state index is 13.0. The van der Waals surface area contributed by atoms with Crippen molar-refractivity contribution in [1.82, 2.24) is 9.62 Å². The van der Waals surface area contributed by atoms with E-state index in [0.29, 0.717) is 5.02 Å². The van der Waals surface area contributed by atoms with Gasteiger partial charge in [0.05, 0.1) is 22.2 Å². The van der Waals surface area contributed by atoms with E-state index < -0.39 is 22.2 Å². The standard InChI is InChI=1S/C24H34ClN3O3S.C2HF3O2/c1-4-12-24(18-29)13-14-28(17-24)22-11-10-20(15-21(22)25)32(30,31)26-16-23(27(2)3)19-8-6-5-7-9-19;3-2(4,5)1(6)7/h5-11,15,23,26,29H,4,12-14,16-18H2,1-3H3;(H,6,7). The molecule has 1 saturated heterocycles. The number of rotatable bonds is 10. The summed E-state index contributed by atoms with van der Waals surface area (Å²) in [6, 6.07) is 14.6. The van der Waals surface area contributed by atoms with Crippen LogP contribution in [0.2, 0.25) is 5.02 Å². The van der Waals surface area contributed by atoms with Crippen LogP contribution in [0.1, 0.15) is 37.8 Å². The normalized spacial score (nSPS) is 18.5. The summed E-state index contributed by atoms with van der Waals surface area (Å²) in [4.78, 5) is 13.2. The van der Waals surface area contributed by atoms with E-state index in [-0.39, 0.29) is 29.5 Å². The molecule has 0 radical (unpaired) electrons. The highest BCUT2D eigenvalue weighted by Gasteiger charge is 2.38. The predicted molar refractivity (Wildman–Crippen MR) is 144 cm³/mol. The zero-order valence-corrected chi connectivity index (χ0v) is 23.7. The fourth-order valence-corrected chi connectivity index (χ4v) is 5.97. The summed E-state index contributed by atoms with van der Waals surface area (Å²) in [7, 11) is 0.143. The number of sulfonamides is 1. The van der Waals surface area contributed by atoms with Crippen molar-refractivity contribution in [2.45, 2.75) is 43.3 Å². The lowest BCUT2D eigenvalue weighted by Gasteiger charge is -2.28. The minimum Gasteiger partial charge on any atom is -0.475 e. The number of benzene rings is 2. The maximum atomic E-state index is 13.0. The zero-order valence-electron chi connectivity index (χ0n) is 22.1. The van der Waals surface area contributed by atoms with E-state index in [9.17, 15) is 26.7 Å². The van der Waals surface area contributed by atoms with Crippen molar-refractivity contribution in [3.05, 3.63) is 59.1 Å². The molecule has 1 aliphatic heterocycles. The zero-order chi connectivity index (χ0) is 29.4. The van der Waals surface area contributed by atoms with Crippen LogP contribution in [-0.2, 0) is 14.8 Å². The topological polar surface area (TPSA) is 110 Å². The highest BCUT2D eigenvalue weighted by Crippen LogP contribution is 2.39. The number of aliphatic hydroxyl groups is 1. The molecule has 0 spiro atoms. The largest absolute Gasteiger partial charge is 0.490 e. The molecule has 2 unspecified atom stereocenters. The van der Waals surface area contributed by atoms with Gasteiger partial charge in [-0.25, -0.2) is 17.9 Å². The van der Waals surface area contributed by atoms with Crippen LogP contribution in [-0.4, -0.2) is 76.0 Å². The Labute approximate surface area is 232 Å². The van der Waals surface area contributed by atoms with Crippen molar-refractivity contribution in [3.8, 4) is 0 Å². The second kappa shape index (κ2) is 13.8. The summed E-state index contributed by atoms with van der Waals surface area (Å²) in [5.41, 5.74) is 1.75. The quantitative estimate of drug-likeness (QED) is 0.371. The first-order chi connectivity index (χ1) is 18.2. The molecule has 1 heterocycles. The fourth-order valence-electron chi connectivity index (χ4n) is 4.54. The van der Waals surface area contributed by atoms with Crippen LogP contribution in [0.5, 0.6) is 0 Å². The van der Waals surface area contributed by atoms with Gasteiger partial charge in [-0.3, -0.25) is 0 Å². The number of alkyl halides is 3. The number of anilines is 1. The Balaban J connectivity index is 0.000000673. The molecule has 0 aliphatic carbocycles. The van der Waals surface area contributed by atoms with Gasteiger partial charge in [0.15, 0.2) is 0 Å². The smallest absolute Gasteiger partial charge is 0.475 e. The van der Waals surface area contributed by atoms with Gasteiger partial charge in [0.25, 0.3) is 0 Å². The van der Waals surface area contributed by atoms with Crippen molar-refractivity contribution in [3.63, 3.8) is 0 Å². The molecule has 1 aliphatic rings. The molecule has 2 aromatic carbocycles. The lowest BCUT2D eigenvalue weighted by atomic mass is 9.83. The van der Waals surface area contributed by atoms with Crippen molar-refractivity contribution in [2.24, 2.45) is 5.41 Å².